The molecule has 112 valence electrons. The Morgan fingerprint density at radius 2 is 2.00 bits per heavy atom. The van der Waals surface area contributed by atoms with Gasteiger partial charge >= 0.3 is 0 Å². The fourth-order valence-corrected chi connectivity index (χ4v) is 2.21. The molecule has 0 radical (unpaired) electrons. The average Bonchev–Trinajstić information content (AvgIpc) is 2.54. The van der Waals surface area contributed by atoms with Crippen LogP contribution in [0.25, 0.3) is 0 Å². The summed E-state index contributed by atoms with van der Waals surface area (Å²) in [5, 5.41) is 0.608. The zero-order valence-electron chi connectivity index (χ0n) is 12.5. The summed E-state index contributed by atoms with van der Waals surface area (Å²) in [5.74, 6) is 7.69. The number of thioether (sulfide) groups is 1. The Morgan fingerprint density at radius 1 is 1.29 bits per heavy atom. The fourth-order valence-electron chi connectivity index (χ4n) is 1.84. The number of ether oxygens (including phenoxy) is 1. The SMILES string of the molecule is CCC(C)c1ccc(Oc2cc(NN)nc(SC)n2)cc1. The number of aromatic nitrogens is 2. The van der Waals surface area contributed by atoms with Gasteiger partial charge in [-0.05, 0) is 36.3 Å². The van der Waals surface area contributed by atoms with Crippen LogP contribution in [0.2, 0.25) is 0 Å². The molecule has 0 aliphatic rings. The molecule has 2 rings (SSSR count). The Hall–Kier alpha value is -1.79. The minimum absolute atomic E-state index is 0.471. The maximum atomic E-state index is 5.77. The number of anilines is 1. The highest BCUT2D eigenvalue weighted by atomic mass is 32.2. The van der Waals surface area contributed by atoms with E-state index in [1.807, 2.05) is 18.4 Å². The van der Waals surface area contributed by atoms with Gasteiger partial charge in [-0.25, -0.2) is 10.8 Å². The Labute approximate surface area is 129 Å². The van der Waals surface area contributed by atoms with Crippen LogP contribution in [0, 0.1) is 0 Å². The third kappa shape index (κ3) is 4.09. The van der Waals surface area contributed by atoms with Crippen molar-refractivity contribution in [2.45, 2.75) is 31.3 Å². The van der Waals surface area contributed by atoms with Gasteiger partial charge in [0, 0.05) is 6.07 Å². The first kappa shape index (κ1) is 15.6. The van der Waals surface area contributed by atoms with Gasteiger partial charge in [-0.3, -0.25) is 0 Å². The molecule has 0 amide bonds. The molecule has 1 heterocycles. The Balaban J connectivity index is 2.17. The number of hydrogen-bond donors (Lipinski definition) is 2. The largest absolute Gasteiger partial charge is 0.439 e. The molecule has 0 bridgehead atoms. The van der Waals surface area contributed by atoms with Crippen LogP contribution in [-0.4, -0.2) is 16.2 Å². The van der Waals surface area contributed by atoms with E-state index in [1.54, 1.807) is 6.07 Å². The van der Waals surface area contributed by atoms with Crippen LogP contribution in [0.5, 0.6) is 11.6 Å². The predicted molar refractivity (Wildman–Crippen MR) is 86.8 cm³/mol. The lowest BCUT2D eigenvalue weighted by Crippen LogP contribution is -2.09. The maximum Gasteiger partial charge on any atom is 0.225 e. The van der Waals surface area contributed by atoms with Crippen molar-refractivity contribution in [2.24, 2.45) is 5.84 Å². The molecule has 5 nitrogen and oxygen atoms in total. The highest BCUT2D eigenvalue weighted by Gasteiger charge is 2.07. The summed E-state index contributed by atoms with van der Waals surface area (Å²) in [4.78, 5) is 8.50. The molecule has 0 saturated heterocycles. The lowest BCUT2D eigenvalue weighted by molar-refractivity contribution is 0.455. The van der Waals surface area contributed by atoms with Gasteiger partial charge in [0.2, 0.25) is 5.88 Å². The lowest BCUT2D eigenvalue weighted by atomic mass is 9.99. The van der Waals surface area contributed by atoms with Crippen molar-refractivity contribution >= 4 is 17.6 Å². The van der Waals surface area contributed by atoms with E-state index < -0.39 is 0 Å². The molecular formula is C15H20N4OS. The van der Waals surface area contributed by atoms with Crippen LogP contribution in [0.4, 0.5) is 5.82 Å². The summed E-state index contributed by atoms with van der Waals surface area (Å²) >= 11 is 1.43. The molecule has 0 spiro atoms. The minimum atomic E-state index is 0.471. The monoisotopic (exact) mass is 304 g/mol. The zero-order valence-corrected chi connectivity index (χ0v) is 13.3. The Morgan fingerprint density at radius 3 is 2.57 bits per heavy atom. The summed E-state index contributed by atoms with van der Waals surface area (Å²) in [7, 11) is 0. The number of rotatable bonds is 6. The number of benzene rings is 1. The van der Waals surface area contributed by atoms with E-state index in [0.29, 0.717) is 22.8 Å². The van der Waals surface area contributed by atoms with E-state index >= 15 is 0 Å². The van der Waals surface area contributed by atoms with Gasteiger partial charge < -0.3 is 10.2 Å². The van der Waals surface area contributed by atoms with Crippen LogP contribution in [0.3, 0.4) is 0 Å². The fraction of sp³-hybridized carbons (Fsp3) is 0.333. The molecular weight excluding hydrogens is 284 g/mol. The van der Waals surface area contributed by atoms with Crippen LogP contribution >= 0.6 is 11.8 Å². The van der Waals surface area contributed by atoms with E-state index in [-0.39, 0.29) is 0 Å². The Kier molecular flexibility index (Phi) is 5.41. The second-order valence-electron chi connectivity index (χ2n) is 4.70. The highest BCUT2D eigenvalue weighted by molar-refractivity contribution is 7.98. The van der Waals surface area contributed by atoms with Crippen molar-refractivity contribution < 1.29 is 4.74 Å². The molecule has 21 heavy (non-hydrogen) atoms. The van der Waals surface area contributed by atoms with E-state index in [2.05, 4.69) is 41.4 Å². The maximum absolute atomic E-state index is 5.77. The number of nitrogens with one attached hydrogen (secondary N) is 1. The number of nitrogens with zero attached hydrogens (tertiary/aromatic N) is 2. The number of hydrogen-bond acceptors (Lipinski definition) is 6. The van der Waals surface area contributed by atoms with Crippen LogP contribution in [0.1, 0.15) is 31.7 Å². The van der Waals surface area contributed by atoms with Crippen molar-refractivity contribution in [3.8, 4) is 11.6 Å². The first-order valence-corrected chi connectivity index (χ1v) is 8.06. The van der Waals surface area contributed by atoms with E-state index in [1.165, 1.54) is 17.3 Å². The third-order valence-corrected chi connectivity index (χ3v) is 3.84. The molecule has 0 saturated carbocycles. The number of nitrogens with two attached hydrogens (primary N) is 1. The van der Waals surface area contributed by atoms with Crippen molar-refractivity contribution in [1.29, 1.82) is 0 Å². The van der Waals surface area contributed by atoms with Gasteiger partial charge in [0.1, 0.15) is 11.6 Å². The topological polar surface area (TPSA) is 73.1 Å². The molecule has 1 atom stereocenters. The number of hydrazine groups is 1. The molecule has 6 heteroatoms. The average molecular weight is 304 g/mol. The van der Waals surface area contributed by atoms with Crippen molar-refractivity contribution in [3.63, 3.8) is 0 Å². The summed E-state index contributed by atoms with van der Waals surface area (Å²) in [6.45, 7) is 4.39. The quantitative estimate of drug-likeness (QED) is 0.366. The molecule has 0 fully saturated rings. The summed E-state index contributed by atoms with van der Waals surface area (Å²) in [6, 6.07) is 9.75. The molecule has 0 aliphatic carbocycles. The second kappa shape index (κ2) is 7.28. The third-order valence-electron chi connectivity index (χ3n) is 3.30. The van der Waals surface area contributed by atoms with E-state index in [0.717, 1.165) is 12.2 Å². The summed E-state index contributed by atoms with van der Waals surface area (Å²) in [6.07, 6.45) is 3.02. The van der Waals surface area contributed by atoms with Crippen LogP contribution in [-0.2, 0) is 0 Å². The van der Waals surface area contributed by atoms with Crippen molar-refractivity contribution in [1.82, 2.24) is 9.97 Å². The van der Waals surface area contributed by atoms with Gasteiger partial charge in [-0.15, -0.1) is 0 Å². The van der Waals surface area contributed by atoms with Crippen LogP contribution < -0.4 is 16.0 Å². The molecule has 2 aromatic rings. The van der Waals surface area contributed by atoms with E-state index in [4.69, 9.17) is 10.6 Å². The zero-order chi connectivity index (χ0) is 15.2. The predicted octanol–water partition coefficient (Wildman–Crippen LogP) is 3.79. The van der Waals surface area contributed by atoms with Gasteiger partial charge in [0.05, 0.1) is 0 Å². The number of nitrogen functional groups attached to an aromatic ring is 1. The van der Waals surface area contributed by atoms with Gasteiger partial charge in [-0.1, -0.05) is 37.7 Å². The molecule has 1 unspecified atom stereocenters. The first-order chi connectivity index (χ1) is 10.2. The first-order valence-electron chi connectivity index (χ1n) is 6.83. The highest BCUT2D eigenvalue weighted by Crippen LogP contribution is 2.26. The Bertz CT molecular complexity index is 566. The lowest BCUT2D eigenvalue weighted by Gasteiger charge is -2.11. The van der Waals surface area contributed by atoms with Crippen molar-refractivity contribution in [3.05, 3.63) is 35.9 Å². The van der Waals surface area contributed by atoms with Gasteiger partial charge in [0.15, 0.2) is 5.16 Å². The normalized spacial score (nSPS) is 12.0. The smallest absolute Gasteiger partial charge is 0.225 e. The van der Waals surface area contributed by atoms with Gasteiger partial charge in [0.25, 0.3) is 0 Å². The molecule has 0 aliphatic heterocycles. The summed E-state index contributed by atoms with van der Waals surface area (Å²) < 4.78 is 5.77. The molecule has 1 aromatic heterocycles. The van der Waals surface area contributed by atoms with Crippen LogP contribution in [0.15, 0.2) is 35.5 Å². The second-order valence-corrected chi connectivity index (χ2v) is 5.48. The van der Waals surface area contributed by atoms with E-state index in [9.17, 15) is 0 Å². The molecule has 1 aromatic carbocycles. The van der Waals surface area contributed by atoms with Crippen molar-refractivity contribution in [2.75, 3.05) is 11.7 Å². The minimum Gasteiger partial charge on any atom is -0.439 e. The standard InChI is InChI=1S/C15H20N4OS/c1-4-10(2)11-5-7-12(8-6-11)20-14-9-13(19-16)17-15(18-14)21-3/h5-10H,4,16H2,1-3H3,(H,17,18,19). The summed E-state index contributed by atoms with van der Waals surface area (Å²) in [5.41, 5.74) is 3.82. The molecule has 3 N–H and O–H groups in total. The van der Waals surface area contributed by atoms with Gasteiger partial charge in [-0.2, -0.15) is 4.98 Å².